The van der Waals surface area contributed by atoms with Crippen LogP contribution in [0.15, 0.2) is 48.7 Å². The molecule has 2 unspecified atom stereocenters. The molecule has 0 radical (unpaired) electrons. The Morgan fingerprint density at radius 3 is 2.85 bits per heavy atom. The second-order valence-electron chi connectivity index (χ2n) is 8.12. The van der Waals surface area contributed by atoms with Crippen LogP contribution in [0.25, 0.3) is 10.9 Å². The van der Waals surface area contributed by atoms with Gasteiger partial charge >= 0.3 is 0 Å². The zero-order chi connectivity index (χ0) is 18.2. The molecule has 0 saturated heterocycles. The molecule has 1 aliphatic heterocycles. The number of fused-ring (bicyclic) bond motifs is 2. The molecule has 3 nitrogen and oxygen atoms in total. The van der Waals surface area contributed by atoms with Crippen molar-refractivity contribution in [2.45, 2.75) is 50.6 Å². The number of nitrogens with zero attached hydrogens (tertiary/aromatic N) is 2. The van der Waals surface area contributed by atoms with E-state index in [0.29, 0.717) is 12.0 Å². The van der Waals surface area contributed by atoms with Gasteiger partial charge < -0.3 is 4.98 Å². The van der Waals surface area contributed by atoms with Crippen molar-refractivity contribution in [3.8, 4) is 6.07 Å². The second-order valence-corrected chi connectivity index (χ2v) is 8.12. The van der Waals surface area contributed by atoms with Crippen LogP contribution in [0.1, 0.15) is 53.9 Å². The highest BCUT2D eigenvalue weighted by Crippen LogP contribution is 2.39. The molecule has 136 valence electrons. The molecule has 1 aliphatic carbocycles. The topological polar surface area (TPSA) is 42.8 Å². The largest absolute Gasteiger partial charge is 0.361 e. The molecule has 0 spiro atoms. The van der Waals surface area contributed by atoms with Crippen molar-refractivity contribution in [2.24, 2.45) is 0 Å². The summed E-state index contributed by atoms with van der Waals surface area (Å²) in [5, 5.41) is 10.5. The van der Waals surface area contributed by atoms with Crippen LogP contribution in [0.3, 0.4) is 0 Å². The maximum Gasteiger partial charge on any atom is 0.0991 e. The molecular formula is C24H25N3. The third kappa shape index (κ3) is 3.05. The Hall–Kier alpha value is -2.57. The molecule has 0 amide bonds. The maximum atomic E-state index is 9.26. The smallest absolute Gasteiger partial charge is 0.0991 e. The monoisotopic (exact) mass is 355 g/mol. The fourth-order valence-electron chi connectivity index (χ4n) is 5.16. The number of rotatable bonds is 2. The summed E-state index contributed by atoms with van der Waals surface area (Å²) in [7, 11) is 0. The van der Waals surface area contributed by atoms with Gasteiger partial charge in [-0.25, -0.2) is 0 Å². The highest BCUT2D eigenvalue weighted by molar-refractivity contribution is 5.85. The first kappa shape index (κ1) is 16.6. The van der Waals surface area contributed by atoms with E-state index in [4.69, 9.17) is 0 Å². The molecule has 0 bridgehead atoms. The van der Waals surface area contributed by atoms with Crippen LogP contribution in [-0.4, -0.2) is 22.5 Å². The number of aromatic amines is 1. The Labute approximate surface area is 160 Å². The number of aromatic nitrogens is 1. The first-order valence-corrected chi connectivity index (χ1v) is 10.1. The lowest BCUT2D eigenvalue weighted by atomic mass is 9.80. The van der Waals surface area contributed by atoms with E-state index in [0.717, 1.165) is 17.6 Å². The van der Waals surface area contributed by atoms with Crippen LogP contribution in [0.4, 0.5) is 0 Å². The summed E-state index contributed by atoms with van der Waals surface area (Å²) in [5.41, 5.74) is 6.35. The number of H-pyrrole nitrogens is 1. The van der Waals surface area contributed by atoms with E-state index in [9.17, 15) is 5.26 Å². The van der Waals surface area contributed by atoms with Gasteiger partial charge in [-0.1, -0.05) is 30.7 Å². The van der Waals surface area contributed by atoms with E-state index < -0.39 is 0 Å². The van der Waals surface area contributed by atoms with Crippen molar-refractivity contribution in [1.29, 1.82) is 5.26 Å². The third-order valence-corrected chi connectivity index (χ3v) is 6.61. The minimum Gasteiger partial charge on any atom is -0.361 e. The SMILES string of the molecule is N#Cc1ccc2[nH]cc(C3CCCC(N4CCc5ccccc5C4)C3)c2c1. The van der Waals surface area contributed by atoms with E-state index in [2.05, 4.69) is 52.5 Å². The molecule has 27 heavy (non-hydrogen) atoms. The summed E-state index contributed by atoms with van der Waals surface area (Å²) >= 11 is 0. The van der Waals surface area contributed by atoms with Gasteiger partial charge in [-0.3, -0.25) is 4.90 Å². The standard InChI is InChI=1S/C24H25N3/c25-14-17-8-9-24-22(12-17)23(15-26-24)19-6-3-7-21(13-19)27-11-10-18-4-1-2-5-20(18)16-27/h1-2,4-5,8-9,12,15,19,21,26H,3,6-7,10-11,13,16H2. The Kier molecular flexibility index (Phi) is 4.22. The minimum absolute atomic E-state index is 0.587. The molecular weight excluding hydrogens is 330 g/mol. The fourth-order valence-corrected chi connectivity index (χ4v) is 5.16. The van der Waals surface area contributed by atoms with Gasteiger partial charge in [0, 0.05) is 36.2 Å². The van der Waals surface area contributed by atoms with Gasteiger partial charge in [-0.15, -0.1) is 0 Å². The molecule has 5 rings (SSSR count). The lowest BCUT2D eigenvalue weighted by Crippen LogP contribution is -2.41. The van der Waals surface area contributed by atoms with E-state index in [1.807, 2.05) is 12.1 Å². The lowest BCUT2D eigenvalue weighted by molar-refractivity contribution is 0.133. The average Bonchev–Trinajstić information content (AvgIpc) is 3.16. The number of hydrogen-bond acceptors (Lipinski definition) is 2. The first-order chi connectivity index (χ1) is 13.3. The summed E-state index contributed by atoms with van der Waals surface area (Å²) < 4.78 is 0. The predicted octanol–water partition coefficient (Wildman–Crippen LogP) is 5.12. The Morgan fingerprint density at radius 1 is 1.07 bits per heavy atom. The van der Waals surface area contributed by atoms with Crippen molar-refractivity contribution in [1.82, 2.24) is 9.88 Å². The molecule has 2 atom stereocenters. The molecule has 1 N–H and O–H groups in total. The maximum absolute atomic E-state index is 9.26. The summed E-state index contributed by atoms with van der Waals surface area (Å²) in [6.07, 6.45) is 8.44. The van der Waals surface area contributed by atoms with Gasteiger partial charge in [0.1, 0.15) is 0 Å². The Morgan fingerprint density at radius 2 is 1.96 bits per heavy atom. The highest BCUT2D eigenvalue weighted by Gasteiger charge is 2.30. The average molecular weight is 355 g/mol. The summed E-state index contributed by atoms with van der Waals surface area (Å²) in [6.45, 7) is 2.28. The Balaban J connectivity index is 1.38. The molecule has 1 saturated carbocycles. The summed E-state index contributed by atoms with van der Waals surface area (Å²) in [5.74, 6) is 0.587. The van der Waals surface area contributed by atoms with Crippen LogP contribution in [0.5, 0.6) is 0 Å². The highest BCUT2D eigenvalue weighted by atomic mass is 15.2. The van der Waals surface area contributed by atoms with E-state index in [1.165, 1.54) is 60.7 Å². The second kappa shape index (κ2) is 6.87. The number of nitriles is 1. The van der Waals surface area contributed by atoms with Crippen molar-refractivity contribution in [3.63, 3.8) is 0 Å². The van der Waals surface area contributed by atoms with Crippen LogP contribution < -0.4 is 0 Å². The number of benzene rings is 2. The van der Waals surface area contributed by atoms with Crippen LogP contribution in [0, 0.1) is 11.3 Å². The van der Waals surface area contributed by atoms with Crippen molar-refractivity contribution >= 4 is 10.9 Å². The quantitative estimate of drug-likeness (QED) is 0.693. The summed E-state index contributed by atoms with van der Waals surface area (Å²) in [4.78, 5) is 6.13. The van der Waals surface area contributed by atoms with Crippen LogP contribution in [0.2, 0.25) is 0 Å². The first-order valence-electron chi connectivity index (χ1n) is 10.1. The van der Waals surface area contributed by atoms with Gasteiger partial charge in [0.15, 0.2) is 0 Å². The zero-order valence-electron chi connectivity index (χ0n) is 15.6. The molecule has 1 aromatic heterocycles. The van der Waals surface area contributed by atoms with Gasteiger partial charge in [0.05, 0.1) is 11.6 Å². The van der Waals surface area contributed by atoms with Gasteiger partial charge in [0.2, 0.25) is 0 Å². The zero-order valence-corrected chi connectivity index (χ0v) is 15.6. The van der Waals surface area contributed by atoms with Crippen molar-refractivity contribution in [3.05, 3.63) is 70.9 Å². The molecule has 2 heterocycles. The minimum atomic E-state index is 0.587. The molecule has 2 aliphatic rings. The van der Waals surface area contributed by atoms with Crippen LogP contribution >= 0.6 is 0 Å². The van der Waals surface area contributed by atoms with E-state index >= 15 is 0 Å². The number of hydrogen-bond donors (Lipinski definition) is 1. The lowest BCUT2D eigenvalue weighted by Gasteiger charge is -2.40. The Bertz CT molecular complexity index is 1010. The predicted molar refractivity (Wildman–Crippen MR) is 109 cm³/mol. The fraction of sp³-hybridized carbons (Fsp3) is 0.375. The molecule has 3 aromatic rings. The van der Waals surface area contributed by atoms with Crippen molar-refractivity contribution < 1.29 is 0 Å². The molecule has 1 fully saturated rings. The van der Waals surface area contributed by atoms with Crippen molar-refractivity contribution in [2.75, 3.05) is 6.54 Å². The summed E-state index contributed by atoms with van der Waals surface area (Å²) in [6, 6.07) is 17.9. The van der Waals surface area contributed by atoms with Crippen LogP contribution in [-0.2, 0) is 13.0 Å². The van der Waals surface area contributed by atoms with Gasteiger partial charge in [0.25, 0.3) is 0 Å². The number of nitrogens with one attached hydrogen (secondary N) is 1. The van der Waals surface area contributed by atoms with E-state index in [-0.39, 0.29) is 0 Å². The molecule has 3 heteroatoms. The normalized spacial score (nSPS) is 23.1. The third-order valence-electron chi connectivity index (χ3n) is 6.61. The molecule has 2 aromatic carbocycles. The van der Waals surface area contributed by atoms with E-state index in [1.54, 1.807) is 0 Å². The van der Waals surface area contributed by atoms with Gasteiger partial charge in [-0.05, 0) is 66.5 Å². The van der Waals surface area contributed by atoms with Gasteiger partial charge in [-0.2, -0.15) is 5.26 Å².